The molecule has 1 amide bonds. The van der Waals surface area contributed by atoms with Gasteiger partial charge in [0, 0.05) is 49.0 Å². The summed E-state index contributed by atoms with van der Waals surface area (Å²) in [6, 6.07) is 10.4. The van der Waals surface area contributed by atoms with Crippen LogP contribution in [0.15, 0.2) is 36.4 Å². The molecule has 1 N–H and O–H groups in total. The number of amides is 1. The van der Waals surface area contributed by atoms with Gasteiger partial charge in [0.15, 0.2) is 0 Å². The molecule has 0 aliphatic carbocycles. The lowest BCUT2D eigenvalue weighted by Gasteiger charge is -2.49. The number of benzene rings is 2. The Labute approximate surface area is 198 Å². The molecule has 2 aliphatic rings. The zero-order valence-corrected chi connectivity index (χ0v) is 19.8. The van der Waals surface area contributed by atoms with Crippen LogP contribution in [0.2, 0.25) is 5.02 Å². The van der Waals surface area contributed by atoms with Crippen molar-refractivity contribution in [1.82, 2.24) is 5.32 Å². The second-order valence-corrected chi connectivity index (χ2v) is 9.48. The number of hydrogen-bond acceptors (Lipinski definition) is 6. The fourth-order valence-corrected chi connectivity index (χ4v) is 4.95. The van der Waals surface area contributed by atoms with Crippen molar-refractivity contribution in [3.63, 3.8) is 0 Å². The lowest BCUT2D eigenvalue weighted by atomic mass is 9.83. The molecule has 1 saturated heterocycles. The predicted molar refractivity (Wildman–Crippen MR) is 129 cm³/mol. The number of nitrogens with one attached hydrogen (secondary N) is 1. The summed E-state index contributed by atoms with van der Waals surface area (Å²) in [6.45, 7) is 6.71. The lowest BCUT2D eigenvalue weighted by Crippen LogP contribution is -2.61. The fraction of sp³-hybridized carbons (Fsp3) is 0.458. The van der Waals surface area contributed by atoms with Crippen molar-refractivity contribution >= 4 is 34.6 Å². The largest absolute Gasteiger partial charge is 0.495 e. The highest BCUT2D eigenvalue weighted by atomic mass is 35.5. The Kier molecular flexibility index (Phi) is 6.65. The molecule has 0 bridgehead atoms. The summed E-state index contributed by atoms with van der Waals surface area (Å²) >= 11 is 6.28. The molecule has 0 saturated carbocycles. The number of hydrogen-bond donors (Lipinski definition) is 1. The van der Waals surface area contributed by atoms with Crippen LogP contribution in [0.5, 0.6) is 5.75 Å². The maximum atomic E-state index is 13.3. The van der Waals surface area contributed by atoms with Crippen molar-refractivity contribution in [1.29, 1.82) is 0 Å². The molecule has 2 atom stereocenters. The minimum Gasteiger partial charge on any atom is -0.495 e. The molecule has 0 aromatic heterocycles. The van der Waals surface area contributed by atoms with Crippen molar-refractivity contribution in [2.75, 3.05) is 43.1 Å². The van der Waals surface area contributed by atoms with Crippen molar-refractivity contribution in [3.8, 4) is 5.75 Å². The zero-order chi connectivity index (χ0) is 23.7. The maximum absolute atomic E-state index is 13.3. The van der Waals surface area contributed by atoms with Gasteiger partial charge in [-0.25, -0.2) is 0 Å². The second kappa shape index (κ2) is 9.47. The van der Waals surface area contributed by atoms with Crippen LogP contribution in [0.25, 0.3) is 0 Å². The van der Waals surface area contributed by atoms with Gasteiger partial charge < -0.3 is 19.9 Å². The SMILES string of the molecule is COc1ccc(Cl)cc1N1CCN2c3ccc([N+](=O)[O-])cc3C[C@@H](C(=O)NCC(C)C)[C@@H]2C1. The van der Waals surface area contributed by atoms with E-state index in [1.165, 1.54) is 0 Å². The molecule has 2 aromatic carbocycles. The molecule has 0 spiro atoms. The van der Waals surface area contributed by atoms with Crippen LogP contribution < -0.4 is 19.9 Å². The topological polar surface area (TPSA) is 87.9 Å². The molecule has 0 radical (unpaired) electrons. The number of piperazine rings is 1. The molecule has 0 unspecified atom stereocenters. The zero-order valence-electron chi connectivity index (χ0n) is 19.1. The van der Waals surface area contributed by atoms with Crippen LogP contribution in [-0.4, -0.2) is 50.2 Å². The molecule has 4 rings (SSSR count). The maximum Gasteiger partial charge on any atom is 0.269 e. The first-order valence-electron chi connectivity index (χ1n) is 11.2. The lowest BCUT2D eigenvalue weighted by molar-refractivity contribution is -0.384. The van der Waals surface area contributed by atoms with Crippen molar-refractivity contribution < 1.29 is 14.5 Å². The fourth-order valence-electron chi connectivity index (χ4n) is 4.79. The number of methoxy groups -OCH3 is 1. The van der Waals surface area contributed by atoms with Crippen LogP contribution in [0.4, 0.5) is 17.1 Å². The normalized spacial score (nSPS) is 19.7. The Bertz CT molecular complexity index is 1060. The molecular formula is C24H29ClN4O4. The number of ether oxygens (including phenoxy) is 1. The molecule has 2 heterocycles. The van der Waals surface area contributed by atoms with E-state index in [9.17, 15) is 14.9 Å². The van der Waals surface area contributed by atoms with Crippen LogP contribution in [0.3, 0.4) is 0 Å². The van der Waals surface area contributed by atoms with Gasteiger partial charge in [-0.05, 0) is 42.2 Å². The van der Waals surface area contributed by atoms with Gasteiger partial charge in [0.25, 0.3) is 5.69 Å². The van der Waals surface area contributed by atoms with E-state index in [1.807, 2.05) is 18.2 Å². The number of nitrogens with zero attached hydrogens (tertiary/aromatic N) is 3. The van der Waals surface area contributed by atoms with Gasteiger partial charge in [0.1, 0.15) is 5.75 Å². The average Bonchev–Trinajstić information content (AvgIpc) is 2.81. The summed E-state index contributed by atoms with van der Waals surface area (Å²) in [7, 11) is 1.63. The molecule has 9 heteroatoms. The smallest absolute Gasteiger partial charge is 0.269 e. The van der Waals surface area contributed by atoms with E-state index in [4.69, 9.17) is 16.3 Å². The van der Waals surface area contributed by atoms with Crippen LogP contribution >= 0.6 is 11.6 Å². The highest BCUT2D eigenvalue weighted by Gasteiger charge is 2.42. The van der Waals surface area contributed by atoms with E-state index < -0.39 is 0 Å². The molecule has 2 aromatic rings. The van der Waals surface area contributed by atoms with E-state index >= 15 is 0 Å². The van der Waals surface area contributed by atoms with Gasteiger partial charge in [-0.3, -0.25) is 14.9 Å². The summed E-state index contributed by atoms with van der Waals surface area (Å²) in [5.41, 5.74) is 2.77. The quantitative estimate of drug-likeness (QED) is 0.506. The Morgan fingerprint density at radius 3 is 2.73 bits per heavy atom. The third kappa shape index (κ3) is 4.71. The van der Waals surface area contributed by atoms with Gasteiger partial charge in [0.2, 0.25) is 5.91 Å². The van der Waals surface area contributed by atoms with Crippen LogP contribution in [-0.2, 0) is 11.2 Å². The predicted octanol–water partition coefficient (Wildman–Crippen LogP) is 3.90. The Morgan fingerprint density at radius 2 is 2.03 bits per heavy atom. The van der Waals surface area contributed by atoms with Crippen molar-refractivity contribution in [2.45, 2.75) is 26.3 Å². The standard InChI is InChI=1S/C24H29ClN4O4/c1-15(2)13-26-24(30)19-11-16-10-18(29(31)32)5-6-20(16)28-9-8-27(14-22(19)28)21-12-17(25)4-7-23(21)33-3/h4-7,10,12,15,19,22H,8-9,11,13-14H2,1-3H3,(H,26,30)/t19-,22+/m1/s1. The van der Waals surface area contributed by atoms with E-state index in [0.29, 0.717) is 43.5 Å². The van der Waals surface area contributed by atoms with Crippen LogP contribution in [0, 0.1) is 22.0 Å². The van der Waals surface area contributed by atoms with E-state index in [1.54, 1.807) is 25.3 Å². The summed E-state index contributed by atoms with van der Waals surface area (Å²) in [5.74, 6) is 0.725. The Morgan fingerprint density at radius 1 is 1.24 bits per heavy atom. The van der Waals surface area contributed by atoms with Crippen LogP contribution in [0.1, 0.15) is 19.4 Å². The van der Waals surface area contributed by atoms with E-state index in [2.05, 4.69) is 29.0 Å². The van der Waals surface area contributed by atoms with E-state index in [0.717, 1.165) is 22.7 Å². The number of carbonyl (C=O) groups excluding carboxylic acids is 1. The number of anilines is 2. The third-order valence-electron chi connectivity index (χ3n) is 6.41. The minimum absolute atomic E-state index is 0.0178. The first-order chi connectivity index (χ1) is 15.8. The summed E-state index contributed by atoms with van der Waals surface area (Å²) < 4.78 is 5.56. The summed E-state index contributed by atoms with van der Waals surface area (Å²) in [4.78, 5) is 28.7. The Balaban J connectivity index is 1.68. The first kappa shape index (κ1) is 23.2. The highest BCUT2D eigenvalue weighted by molar-refractivity contribution is 6.31. The Hall–Kier alpha value is -3.00. The molecule has 1 fully saturated rings. The molecule has 2 aliphatic heterocycles. The minimum atomic E-state index is -0.385. The number of nitro benzene ring substituents is 1. The summed E-state index contributed by atoms with van der Waals surface area (Å²) in [5, 5.41) is 15.0. The third-order valence-corrected chi connectivity index (χ3v) is 6.64. The van der Waals surface area contributed by atoms with Gasteiger partial charge in [-0.2, -0.15) is 0 Å². The molecular weight excluding hydrogens is 444 g/mol. The van der Waals surface area contributed by atoms with Gasteiger partial charge in [-0.1, -0.05) is 25.4 Å². The monoisotopic (exact) mass is 472 g/mol. The number of nitro groups is 1. The highest BCUT2D eigenvalue weighted by Crippen LogP contribution is 2.40. The first-order valence-corrected chi connectivity index (χ1v) is 11.6. The second-order valence-electron chi connectivity index (χ2n) is 9.04. The van der Waals surface area contributed by atoms with E-state index in [-0.39, 0.29) is 28.5 Å². The average molecular weight is 473 g/mol. The summed E-state index contributed by atoms with van der Waals surface area (Å²) in [6.07, 6.45) is 0.461. The number of non-ortho nitro benzene ring substituents is 1. The van der Waals surface area contributed by atoms with Gasteiger partial charge >= 0.3 is 0 Å². The van der Waals surface area contributed by atoms with Gasteiger partial charge in [0.05, 0.1) is 29.7 Å². The van der Waals surface area contributed by atoms with Crippen molar-refractivity contribution in [3.05, 3.63) is 57.1 Å². The number of fused-ring (bicyclic) bond motifs is 3. The molecule has 8 nitrogen and oxygen atoms in total. The number of carbonyl (C=O) groups is 1. The molecule has 176 valence electrons. The number of rotatable bonds is 6. The van der Waals surface area contributed by atoms with Crippen molar-refractivity contribution in [2.24, 2.45) is 11.8 Å². The number of halogens is 1. The molecule has 33 heavy (non-hydrogen) atoms. The van der Waals surface area contributed by atoms with Gasteiger partial charge in [-0.15, -0.1) is 0 Å².